The summed E-state index contributed by atoms with van der Waals surface area (Å²) in [5, 5.41) is 0. The number of hydrogen-bond acceptors (Lipinski definition) is 0. The zero-order valence-corrected chi connectivity index (χ0v) is 7.98. The highest BCUT2D eigenvalue weighted by Crippen LogP contribution is 2.39. The van der Waals surface area contributed by atoms with Crippen LogP contribution in [0.2, 0.25) is 0 Å². The molecule has 0 radical (unpaired) electrons. The summed E-state index contributed by atoms with van der Waals surface area (Å²) in [5.74, 6) is 0.646. The van der Waals surface area contributed by atoms with E-state index in [0.717, 1.165) is 0 Å². The first-order valence-electron chi connectivity index (χ1n) is 5.08. The fourth-order valence-electron chi connectivity index (χ4n) is 2.24. The maximum atomic E-state index is 2.25. The number of hydrogen-bond donors (Lipinski definition) is 0. The Hall–Kier alpha value is -1.56. The highest BCUT2D eigenvalue weighted by molar-refractivity contribution is 5.46. The molecule has 14 heavy (non-hydrogen) atoms. The van der Waals surface area contributed by atoms with Gasteiger partial charge in [-0.1, -0.05) is 54.6 Å². The predicted octanol–water partition coefficient (Wildman–Crippen LogP) is 3.37. The Bertz CT molecular complexity index is 443. The molecular weight excluding hydrogens is 168 g/mol. The smallest absolute Gasteiger partial charge is 0.0133 e. The molecule has 0 saturated carbocycles. The zero-order chi connectivity index (χ0) is 9.38. The molecule has 1 atom stereocenters. The van der Waals surface area contributed by atoms with E-state index in [1.165, 1.54) is 23.1 Å². The van der Waals surface area contributed by atoms with Crippen molar-refractivity contribution in [2.24, 2.45) is 0 Å². The quantitative estimate of drug-likeness (QED) is 0.631. The monoisotopic (exact) mass is 180 g/mol. The van der Waals surface area contributed by atoms with Crippen molar-refractivity contribution in [1.82, 2.24) is 0 Å². The van der Waals surface area contributed by atoms with Crippen molar-refractivity contribution in [3.8, 4) is 0 Å². The average Bonchev–Trinajstić information content (AvgIpc) is 2.22. The SMILES string of the molecule is c1ccc([C@@H]2Cc3ccccc32)cc1. The molecule has 0 N–H and O–H groups in total. The zero-order valence-electron chi connectivity index (χ0n) is 7.98. The number of rotatable bonds is 1. The molecule has 0 bridgehead atoms. The van der Waals surface area contributed by atoms with E-state index in [4.69, 9.17) is 0 Å². The molecule has 0 spiro atoms. The van der Waals surface area contributed by atoms with Gasteiger partial charge in [0.25, 0.3) is 0 Å². The van der Waals surface area contributed by atoms with Crippen molar-refractivity contribution in [2.45, 2.75) is 12.3 Å². The molecule has 2 aromatic carbocycles. The molecule has 0 nitrogen and oxygen atoms in total. The Labute approximate surface area is 84.2 Å². The molecule has 0 amide bonds. The van der Waals surface area contributed by atoms with Gasteiger partial charge in [0.1, 0.15) is 0 Å². The van der Waals surface area contributed by atoms with Crippen LogP contribution in [-0.2, 0) is 6.42 Å². The van der Waals surface area contributed by atoms with Crippen LogP contribution in [0.1, 0.15) is 22.6 Å². The minimum absolute atomic E-state index is 0.646. The highest BCUT2D eigenvalue weighted by Gasteiger charge is 2.26. The minimum atomic E-state index is 0.646. The van der Waals surface area contributed by atoms with E-state index in [-0.39, 0.29) is 0 Å². The molecule has 0 aromatic heterocycles. The van der Waals surface area contributed by atoms with E-state index in [1.54, 1.807) is 0 Å². The van der Waals surface area contributed by atoms with Crippen molar-refractivity contribution in [1.29, 1.82) is 0 Å². The second-order valence-electron chi connectivity index (χ2n) is 3.87. The van der Waals surface area contributed by atoms with Gasteiger partial charge in [-0.2, -0.15) is 0 Å². The summed E-state index contributed by atoms with van der Waals surface area (Å²) in [6.07, 6.45) is 1.21. The third kappa shape index (κ3) is 1.07. The standard InChI is InChI=1S/C14H12/c1-2-6-11(7-3-1)14-10-12-8-4-5-9-13(12)14/h1-9,14H,10H2/t14-/m0/s1. The lowest BCUT2D eigenvalue weighted by Gasteiger charge is -2.30. The molecule has 0 unspecified atom stereocenters. The van der Waals surface area contributed by atoms with Gasteiger partial charge in [-0.25, -0.2) is 0 Å². The molecule has 0 saturated heterocycles. The molecule has 0 heterocycles. The summed E-state index contributed by atoms with van der Waals surface area (Å²) in [6, 6.07) is 19.5. The van der Waals surface area contributed by atoms with E-state index < -0.39 is 0 Å². The molecule has 3 rings (SSSR count). The first-order chi connectivity index (χ1) is 6.95. The Morgan fingerprint density at radius 3 is 2.29 bits per heavy atom. The molecule has 0 heteroatoms. The van der Waals surface area contributed by atoms with Gasteiger partial charge in [-0.05, 0) is 23.1 Å². The summed E-state index contributed by atoms with van der Waals surface area (Å²) < 4.78 is 0. The van der Waals surface area contributed by atoms with Crippen LogP contribution in [0.4, 0.5) is 0 Å². The molecular formula is C14H12. The summed E-state index contributed by atoms with van der Waals surface area (Å²) >= 11 is 0. The van der Waals surface area contributed by atoms with Gasteiger partial charge in [0.2, 0.25) is 0 Å². The van der Waals surface area contributed by atoms with Crippen molar-refractivity contribution in [2.75, 3.05) is 0 Å². The number of fused-ring (bicyclic) bond motifs is 1. The van der Waals surface area contributed by atoms with Crippen LogP contribution < -0.4 is 0 Å². The van der Waals surface area contributed by atoms with Crippen LogP contribution in [0.15, 0.2) is 54.6 Å². The molecule has 0 fully saturated rings. The van der Waals surface area contributed by atoms with Crippen molar-refractivity contribution < 1.29 is 0 Å². The third-order valence-corrected chi connectivity index (χ3v) is 3.06. The summed E-state index contributed by atoms with van der Waals surface area (Å²) in [5.41, 5.74) is 4.48. The van der Waals surface area contributed by atoms with Crippen LogP contribution >= 0.6 is 0 Å². The van der Waals surface area contributed by atoms with Crippen LogP contribution in [-0.4, -0.2) is 0 Å². The fraction of sp³-hybridized carbons (Fsp3) is 0.143. The summed E-state index contributed by atoms with van der Waals surface area (Å²) in [7, 11) is 0. The van der Waals surface area contributed by atoms with Gasteiger partial charge >= 0.3 is 0 Å². The lowest BCUT2D eigenvalue weighted by molar-refractivity contribution is 0.708. The first kappa shape index (κ1) is 7.81. The second kappa shape index (κ2) is 2.98. The van der Waals surface area contributed by atoms with Crippen LogP contribution in [0.25, 0.3) is 0 Å². The molecule has 68 valence electrons. The van der Waals surface area contributed by atoms with Gasteiger partial charge in [0, 0.05) is 5.92 Å². The van der Waals surface area contributed by atoms with Gasteiger partial charge in [-0.15, -0.1) is 0 Å². The molecule has 1 aliphatic rings. The third-order valence-electron chi connectivity index (χ3n) is 3.06. The van der Waals surface area contributed by atoms with Crippen molar-refractivity contribution >= 4 is 0 Å². The second-order valence-corrected chi connectivity index (χ2v) is 3.87. The Kier molecular flexibility index (Phi) is 1.66. The Morgan fingerprint density at radius 1 is 0.786 bits per heavy atom. The van der Waals surface area contributed by atoms with Gasteiger partial charge in [0.15, 0.2) is 0 Å². The highest BCUT2D eigenvalue weighted by atomic mass is 14.3. The maximum Gasteiger partial charge on any atom is 0.0133 e. The first-order valence-corrected chi connectivity index (χ1v) is 5.08. The minimum Gasteiger partial charge on any atom is -0.0622 e. The van der Waals surface area contributed by atoms with Gasteiger partial charge < -0.3 is 0 Å². The lowest BCUT2D eigenvalue weighted by atomic mass is 9.74. The van der Waals surface area contributed by atoms with Crippen molar-refractivity contribution in [3.05, 3.63) is 71.3 Å². The average molecular weight is 180 g/mol. The Balaban J connectivity index is 2.00. The van der Waals surface area contributed by atoms with Crippen LogP contribution in [0.5, 0.6) is 0 Å². The Morgan fingerprint density at radius 2 is 1.50 bits per heavy atom. The lowest BCUT2D eigenvalue weighted by Crippen LogP contribution is -2.17. The van der Waals surface area contributed by atoms with Crippen LogP contribution in [0, 0.1) is 0 Å². The van der Waals surface area contributed by atoms with E-state index in [0.29, 0.717) is 5.92 Å². The van der Waals surface area contributed by atoms with E-state index >= 15 is 0 Å². The van der Waals surface area contributed by atoms with Crippen molar-refractivity contribution in [3.63, 3.8) is 0 Å². The normalized spacial score (nSPS) is 18.4. The van der Waals surface area contributed by atoms with E-state index in [2.05, 4.69) is 54.6 Å². The molecule has 0 aliphatic heterocycles. The largest absolute Gasteiger partial charge is 0.0622 e. The number of benzene rings is 2. The molecule has 1 aliphatic carbocycles. The maximum absolute atomic E-state index is 2.25. The van der Waals surface area contributed by atoms with Gasteiger partial charge in [0.05, 0.1) is 0 Å². The van der Waals surface area contributed by atoms with E-state index in [1.807, 2.05) is 0 Å². The fourth-order valence-corrected chi connectivity index (χ4v) is 2.24. The topological polar surface area (TPSA) is 0 Å². The molecule has 2 aromatic rings. The van der Waals surface area contributed by atoms with Crippen LogP contribution in [0.3, 0.4) is 0 Å². The predicted molar refractivity (Wildman–Crippen MR) is 58.4 cm³/mol. The van der Waals surface area contributed by atoms with Gasteiger partial charge in [-0.3, -0.25) is 0 Å². The summed E-state index contributed by atoms with van der Waals surface area (Å²) in [6.45, 7) is 0. The van der Waals surface area contributed by atoms with E-state index in [9.17, 15) is 0 Å². The summed E-state index contributed by atoms with van der Waals surface area (Å²) in [4.78, 5) is 0.